The Kier molecular flexibility index (Phi) is 4.48. The Morgan fingerprint density at radius 3 is 2.71 bits per heavy atom. The number of para-hydroxylation sites is 1. The Hall–Kier alpha value is -2.86. The molecule has 1 heterocycles. The predicted octanol–water partition coefficient (Wildman–Crippen LogP) is 3.76. The largest absolute Gasteiger partial charge is 0.451 e. The number of anilines is 1. The normalized spacial score (nSPS) is 10.6. The number of aromatic nitrogens is 1. The smallest absolute Gasteiger partial charge is 0.355 e. The van der Waals surface area contributed by atoms with Crippen molar-refractivity contribution in [1.29, 1.82) is 0 Å². The Morgan fingerprint density at radius 2 is 1.96 bits per heavy atom. The molecule has 1 amide bonds. The molecule has 0 spiro atoms. The number of carbonyl (C=O) groups is 2. The lowest BCUT2D eigenvalue weighted by molar-refractivity contribution is -0.119. The van der Waals surface area contributed by atoms with Crippen LogP contribution in [0, 0.1) is 5.82 Å². The molecule has 2 N–H and O–H groups in total. The number of halogens is 2. The van der Waals surface area contributed by atoms with Crippen LogP contribution in [0.1, 0.15) is 10.5 Å². The topological polar surface area (TPSA) is 71.2 Å². The second-order valence-electron chi connectivity index (χ2n) is 5.02. The lowest BCUT2D eigenvalue weighted by Crippen LogP contribution is -2.21. The molecular weight excluding hydrogens is 335 g/mol. The number of benzene rings is 2. The summed E-state index contributed by atoms with van der Waals surface area (Å²) in [5.41, 5.74) is 0.991. The van der Waals surface area contributed by atoms with Gasteiger partial charge in [0.2, 0.25) is 0 Å². The minimum Gasteiger partial charge on any atom is -0.451 e. The van der Waals surface area contributed by atoms with Gasteiger partial charge in [0.1, 0.15) is 11.5 Å². The second-order valence-corrected chi connectivity index (χ2v) is 5.46. The lowest BCUT2D eigenvalue weighted by Gasteiger charge is -2.07. The first-order valence-corrected chi connectivity index (χ1v) is 7.40. The number of hydrogen-bond acceptors (Lipinski definition) is 3. The summed E-state index contributed by atoms with van der Waals surface area (Å²) in [7, 11) is 0. The van der Waals surface area contributed by atoms with E-state index < -0.39 is 24.3 Å². The third kappa shape index (κ3) is 3.55. The summed E-state index contributed by atoms with van der Waals surface area (Å²) in [5, 5.41) is 3.39. The van der Waals surface area contributed by atoms with Crippen molar-refractivity contribution in [2.45, 2.75) is 0 Å². The quantitative estimate of drug-likeness (QED) is 0.707. The maximum atomic E-state index is 13.6. The fraction of sp³-hybridized carbons (Fsp3) is 0.0588. The molecule has 0 saturated carbocycles. The molecule has 24 heavy (non-hydrogen) atoms. The van der Waals surface area contributed by atoms with Gasteiger partial charge in [0.15, 0.2) is 6.61 Å². The van der Waals surface area contributed by atoms with E-state index in [1.165, 1.54) is 12.1 Å². The summed E-state index contributed by atoms with van der Waals surface area (Å²) in [6.07, 6.45) is 0. The van der Waals surface area contributed by atoms with E-state index in [0.29, 0.717) is 0 Å². The summed E-state index contributed by atoms with van der Waals surface area (Å²) in [4.78, 5) is 26.6. The van der Waals surface area contributed by atoms with Crippen LogP contribution >= 0.6 is 11.6 Å². The van der Waals surface area contributed by atoms with Crippen molar-refractivity contribution in [2.75, 3.05) is 11.9 Å². The number of H-pyrrole nitrogens is 1. The van der Waals surface area contributed by atoms with Crippen molar-refractivity contribution in [3.8, 4) is 0 Å². The highest BCUT2D eigenvalue weighted by Gasteiger charge is 2.14. The van der Waals surface area contributed by atoms with Gasteiger partial charge in [-0.1, -0.05) is 29.8 Å². The standard InChI is InChI=1S/C17H12ClFN2O3/c18-11-5-6-14(12(19)8-11)21-16(22)9-24-17(23)15-7-10-3-1-2-4-13(10)20-15/h1-8,20H,9H2,(H,21,22). The summed E-state index contributed by atoms with van der Waals surface area (Å²) in [5.74, 6) is -1.99. The second kappa shape index (κ2) is 6.72. The highest BCUT2D eigenvalue weighted by atomic mass is 35.5. The van der Waals surface area contributed by atoms with Gasteiger partial charge in [0.25, 0.3) is 5.91 Å². The van der Waals surface area contributed by atoms with Gasteiger partial charge in [-0.25, -0.2) is 9.18 Å². The Bertz CT molecular complexity index is 890. The summed E-state index contributed by atoms with van der Waals surface area (Å²) < 4.78 is 18.5. The molecule has 3 rings (SSSR count). The van der Waals surface area contributed by atoms with Crippen LogP contribution in [-0.2, 0) is 9.53 Å². The number of esters is 1. The maximum Gasteiger partial charge on any atom is 0.355 e. The van der Waals surface area contributed by atoms with Crippen molar-refractivity contribution in [1.82, 2.24) is 4.98 Å². The highest BCUT2D eigenvalue weighted by molar-refractivity contribution is 6.30. The molecule has 0 bridgehead atoms. The number of fused-ring (bicyclic) bond motifs is 1. The molecule has 0 fully saturated rings. The summed E-state index contributed by atoms with van der Waals surface area (Å²) in [6, 6.07) is 12.8. The monoisotopic (exact) mass is 346 g/mol. The Balaban J connectivity index is 1.60. The first kappa shape index (κ1) is 16.0. The predicted molar refractivity (Wildman–Crippen MR) is 88.6 cm³/mol. The van der Waals surface area contributed by atoms with Gasteiger partial charge in [-0.15, -0.1) is 0 Å². The number of ether oxygens (including phenoxy) is 1. The molecule has 0 atom stereocenters. The van der Waals surface area contributed by atoms with Crippen molar-refractivity contribution in [3.63, 3.8) is 0 Å². The van der Waals surface area contributed by atoms with Crippen molar-refractivity contribution in [3.05, 3.63) is 65.1 Å². The van der Waals surface area contributed by atoms with Crippen LogP contribution in [0.5, 0.6) is 0 Å². The fourth-order valence-corrected chi connectivity index (χ4v) is 2.33. The number of hydrogen-bond donors (Lipinski definition) is 2. The molecule has 7 heteroatoms. The Morgan fingerprint density at radius 1 is 1.17 bits per heavy atom. The van der Waals surface area contributed by atoms with E-state index in [4.69, 9.17) is 16.3 Å². The van der Waals surface area contributed by atoms with E-state index in [0.717, 1.165) is 17.0 Å². The van der Waals surface area contributed by atoms with Crippen molar-refractivity contribution < 1.29 is 18.7 Å². The average Bonchev–Trinajstić information content (AvgIpc) is 2.99. The van der Waals surface area contributed by atoms with E-state index in [1.54, 1.807) is 6.07 Å². The minimum atomic E-state index is -0.669. The highest BCUT2D eigenvalue weighted by Crippen LogP contribution is 2.19. The molecular formula is C17H12ClFN2O3. The van der Waals surface area contributed by atoms with Crippen LogP contribution in [0.15, 0.2) is 48.5 Å². The molecule has 0 aliphatic heterocycles. The molecule has 1 aromatic heterocycles. The van der Waals surface area contributed by atoms with E-state index in [9.17, 15) is 14.0 Å². The van der Waals surface area contributed by atoms with Gasteiger partial charge in [-0.3, -0.25) is 4.79 Å². The lowest BCUT2D eigenvalue weighted by atomic mass is 10.2. The van der Waals surface area contributed by atoms with Gasteiger partial charge in [0.05, 0.1) is 5.69 Å². The SMILES string of the molecule is O=C(COC(=O)c1cc2ccccc2[nH]1)Nc1ccc(Cl)cc1F. The number of carbonyl (C=O) groups excluding carboxylic acids is 2. The minimum absolute atomic E-state index is 0.0361. The van der Waals surface area contributed by atoms with E-state index in [2.05, 4.69) is 10.3 Å². The number of rotatable bonds is 4. The summed E-state index contributed by atoms with van der Waals surface area (Å²) >= 11 is 5.63. The van der Waals surface area contributed by atoms with Crippen LogP contribution in [0.4, 0.5) is 10.1 Å². The molecule has 5 nitrogen and oxygen atoms in total. The number of nitrogens with one attached hydrogen (secondary N) is 2. The zero-order valence-electron chi connectivity index (χ0n) is 12.3. The molecule has 0 saturated heterocycles. The van der Waals surface area contributed by atoms with Crippen LogP contribution in [0.2, 0.25) is 5.02 Å². The van der Waals surface area contributed by atoms with E-state index in [1.807, 2.05) is 24.3 Å². The molecule has 0 unspecified atom stereocenters. The van der Waals surface area contributed by atoms with E-state index >= 15 is 0 Å². The first-order chi connectivity index (χ1) is 11.5. The number of amides is 1. The molecule has 0 radical (unpaired) electrons. The molecule has 0 aliphatic rings. The van der Waals surface area contributed by atoms with Crippen LogP contribution in [0.3, 0.4) is 0 Å². The molecule has 122 valence electrons. The van der Waals surface area contributed by atoms with Gasteiger partial charge in [-0.2, -0.15) is 0 Å². The molecule has 3 aromatic rings. The Labute approximate surface area is 141 Å². The maximum absolute atomic E-state index is 13.6. The van der Waals surface area contributed by atoms with Crippen molar-refractivity contribution in [2.24, 2.45) is 0 Å². The van der Waals surface area contributed by atoms with Crippen molar-refractivity contribution >= 4 is 40.1 Å². The third-order valence-corrected chi connectivity index (χ3v) is 3.52. The summed E-state index contributed by atoms with van der Waals surface area (Å²) in [6.45, 7) is -0.531. The fourth-order valence-electron chi connectivity index (χ4n) is 2.17. The van der Waals surface area contributed by atoms with E-state index in [-0.39, 0.29) is 16.4 Å². The van der Waals surface area contributed by atoms with Gasteiger partial charge in [0, 0.05) is 15.9 Å². The van der Waals surface area contributed by atoms with Crippen LogP contribution in [-0.4, -0.2) is 23.5 Å². The van der Waals surface area contributed by atoms with Gasteiger partial charge >= 0.3 is 5.97 Å². The number of aromatic amines is 1. The zero-order valence-corrected chi connectivity index (χ0v) is 13.1. The van der Waals surface area contributed by atoms with Gasteiger partial charge in [-0.05, 0) is 30.3 Å². The van der Waals surface area contributed by atoms with Crippen LogP contribution in [0.25, 0.3) is 10.9 Å². The first-order valence-electron chi connectivity index (χ1n) is 7.03. The molecule has 0 aliphatic carbocycles. The molecule has 2 aromatic carbocycles. The van der Waals surface area contributed by atoms with Crippen LogP contribution < -0.4 is 5.32 Å². The van der Waals surface area contributed by atoms with Gasteiger partial charge < -0.3 is 15.0 Å². The average molecular weight is 347 g/mol. The zero-order chi connectivity index (χ0) is 17.1. The third-order valence-electron chi connectivity index (χ3n) is 3.29.